The average molecular weight is 499 g/mol. The Morgan fingerprint density at radius 3 is 2.30 bits per heavy atom. The van der Waals surface area contributed by atoms with E-state index in [0.29, 0.717) is 13.0 Å². The first-order valence-corrected chi connectivity index (χ1v) is 12.7. The van der Waals surface area contributed by atoms with E-state index in [1.54, 1.807) is 24.1 Å². The Bertz CT molecular complexity index is 1250. The predicted molar refractivity (Wildman–Crippen MR) is 140 cm³/mol. The van der Waals surface area contributed by atoms with Gasteiger partial charge in [-0.3, -0.25) is 9.59 Å². The Labute approximate surface area is 217 Å². The molecule has 3 aromatic carbocycles. The maximum absolute atomic E-state index is 14.4. The molecule has 37 heavy (non-hydrogen) atoms. The van der Waals surface area contributed by atoms with Crippen molar-refractivity contribution in [2.75, 3.05) is 13.7 Å². The molecule has 2 amide bonds. The van der Waals surface area contributed by atoms with E-state index >= 15 is 0 Å². The fraction of sp³-hybridized carbons (Fsp3) is 0.290. The molecule has 1 heterocycles. The van der Waals surface area contributed by atoms with Gasteiger partial charge in [-0.25, -0.2) is 4.39 Å². The van der Waals surface area contributed by atoms with Gasteiger partial charge in [0.15, 0.2) is 0 Å². The maximum Gasteiger partial charge on any atom is 0.246 e. The van der Waals surface area contributed by atoms with Crippen molar-refractivity contribution in [2.45, 2.75) is 37.9 Å². The summed E-state index contributed by atoms with van der Waals surface area (Å²) in [6.45, 7) is 0.673. The van der Waals surface area contributed by atoms with Crippen molar-refractivity contribution in [2.24, 2.45) is 5.92 Å². The van der Waals surface area contributed by atoms with Gasteiger partial charge in [0.2, 0.25) is 11.8 Å². The zero-order valence-electron chi connectivity index (χ0n) is 20.9. The molecule has 0 bridgehead atoms. The van der Waals surface area contributed by atoms with Crippen LogP contribution in [0.5, 0.6) is 5.75 Å². The molecule has 6 heteroatoms. The molecule has 3 aromatic rings. The molecule has 0 spiro atoms. The highest BCUT2D eigenvalue weighted by Crippen LogP contribution is 2.34. The van der Waals surface area contributed by atoms with Crippen LogP contribution in [-0.4, -0.2) is 41.3 Å². The van der Waals surface area contributed by atoms with Gasteiger partial charge in [0, 0.05) is 25.4 Å². The highest BCUT2D eigenvalue weighted by atomic mass is 19.1. The zero-order valence-corrected chi connectivity index (χ0v) is 20.9. The quantitative estimate of drug-likeness (QED) is 0.414. The number of rotatable bonds is 7. The third-order valence-electron chi connectivity index (χ3n) is 7.11. The van der Waals surface area contributed by atoms with Crippen LogP contribution < -0.4 is 4.74 Å². The van der Waals surface area contributed by atoms with E-state index in [2.05, 4.69) is 0 Å². The Hall–Kier alpha value is -3.93. The molecule has 0 saturated heterocycles. The van der Waals surface area contributed by atoms with Crippen LogP contribution in [-0.2, 0) is 22.6 Å². The zero-order chi connectivity index (χ0) is 25.8. The van der Waals surface area contributed by atoms with Crippen molar-refractivity contribution in [1.29, 1.82) is 0 Å². The van der Waals surface area contributed by atoms with Gasteiger partial charge in [-0.1, -0.05) is 66.7 Å². The number of hydrogen-bond acceptors (Lipinski definition) is 3. The Morgan fingerprint density at radius 2 is 1.65 bits per heavy atom. The van der Waals surface area contributed by atoms with Gasteiger partial charge in [-0.05, 0) is 53.8 Å². The lowest BCUT2D eigenvalue weighted by Gasteiger charge is -2.39. The number of ether oxygens (including phenoxy) is 1. The van der Waals surface area contributed by atoms with Crippen LogP contribution in [0.3, 0.4) is 0 Å². The van der Waals surface area contributed by atoms with Gasteiger partial charge in [0.25, 0.3) is 0 Å². The van der Waals surface area contributed by atoms with Crippen LogP contribution >= 0.6 is 0 Å². The number of amides is 2. The van der Waals surface area contributed by atoms with Crippen LogP contribution in [0.2, 0.25) is 0 Å². The van der Waals surface area contributed by atoms with Crippen molar-refractivity contribution in [3.63, 3.8) is 0 Å². The summed E-state index contributed by atoms with van der Waals surface area (Å²) in [5.41, 5.74) is 2.76. The van der Waals surface area contributed by atoms with E-state index < -0.39 is 6.04 Å². The first-order chi connectivity index (χ1) is 18.0. The minimum Gasteiger partial charge on any atom is -0.497 e. The molecule has 0 aromatic heterocycles. The Morgan fingerprint density at radius 1 is 0.946 bits per heavy atom. The summed E-state index contributed by atoms with van der Waals surface area (Å²) >= 11 is 0. The van der Waals surface area contributed by atoms with E-state index in [1.165, 1.54) is 12.1 Å². The molecule has 0 radical (unpaired) electrons. The Balaban J connectivity index is 1.56. The summed E-state index contributed by atoms with van der Waals surface area (Å²) in [6.07, 6.45) is 6.17. The smallest absolute Gasteiger partial charge is 0.246 e. The molecule has 1 unspecified atom stereocenters. The number of benzene rings is 3. The summed E-state index contributed by atoms with van der Waals surface area (Å²) in [4.78, 5) is 31.4. The van der Waals surface area contributed by atoms with Crippen LogP contribution in [0, 0.1) is 11.7 Å². The van der Waals surface area contributed by atoms with Crippen molar-refractivity contribution < 1.29 is 18.7 Å². The molecule has 2 atom stereocenters. The van der Waals surface area contributed by atoms with Gasteiger partial charge in [0.05, 0.1) is 13.2 Å². The minimum absolute atomic E-state index is 0.00170. The molecule has 1 saturated carbocycles. The average Bonchev–Trinajstić information content (AvgIpc) is 3.78. The van der Waals surface area contributed by atoms with Gasteiger partial charge in [-0.2, -0.15) is 0 Å². The van der Waals surface area contributed by atoms with Gasteiger partial charge in [-0.15, -0.1) is 0 Å². The number of hydrogen-bond donors (Lipinski definition) is 0. The van der Waals surface area contributed by atoms with Gasteiger partial charge in [0.1, 0.15) is 17.6 Å². The number of nitrogens with zero attached hydrogens (tertiary/aromatic N) is 2. The summed E-state index contributed by atoms with van der Waals surface area (Å²) in [6, 6.07) is 22.8. The number of halogens is 1. The molecular formula is C31H31FN2O3. The normalized spacial score (nSPS) is 20.8. The fourth-order valence-corrected chi connectivity index (χ4v) is 4.89. The molecule has 2 aliphatic rings. The Kier molecular flexibility index (Phi) is 7.35. The highest BCUT2D eigenvalue weighted by Gasteiger charge is 2.41. The molecule has 0 N–H and O–H groups in total. The molecule has 1 fully saturated rings. The summed E-state index contributed by atoms with van der Waals surface area (Å²) in [7, 11) is 1.62. The lowest BCUT2D eigenvalue weighted by atomic mass is 9.97. The lowest BCUT2D eigenvalue weighted by molar-refractivity contribution is -0.148. The molecule has 5 nitrogen and oxygen atoms in total. The summed E-state index contributed by atoms with van der Waals surface area (Å²) in [5.74, 6) is 0.341. The molecule has 1 aliphatic heterocycles. The molecule has 1 aliphatic carbocycles. The second-order valence-electron chi connectivity index (χ2n) is 9.71. The van der Waals surface area contributed by atoms with E-state index in [9.17, 15) is 14.0 Å². The summed E-state index contributed by atoms with van der Waals surface area (Å²) in [5, 5.41) is 0. The van der Waals surface area contributed by atoms with E-state index in [0.717, 1.165) is 35.3 Å². The first-order valence-electron chi connectivity index (χ1n) is 12.7. The van der Waals surface area contributed by atoms with Crippen molar-refractivity contribution >= 4 is 11.8 Å². The lowest BCUT2D eigenvalue weighted by Crippen LogP contribution is -2.54. The highest BCUT2D eigenvalue weighted by molar-refractivity contribution is 5.90. The van der Waals surface area contributed by atoms with Crippen LogP contribution in [0.4, 0.5) is 4.39 Å². The van der Waals surface area contributed by atoms with Crippen molar-refractivity contribution in [1.82, 2.24) is 9.80 Å². The number of methoxy groups -OCH3 is 1. The fourth-order valence-electron chi connectivity index (χ4n) is 4.89. The first kappa shape index (κ1) is 24.8. The molecule has 190 valence electrons. The van der Waals surface area contributed by atoms with E-state index in [4.69, 9.17) is 4.74 Å². The van der Waals surface area contributed by atoms with Crippen LogP contribution in [0.1, 0.15) is 35.6 Å². The third kappa shape index (κ3) is 5.74. The monoisotopic (exact) mass is 498 g/mol. The minimum atomic E-state index is -0.637. The summed E-state index contributed by atoms with van der Waals surface area (Å²) < 4.78 is 19.0. The third-order valence-corrected chi connectivity index (χ3v) is 7.11. The largest absolute Gasteiger partial charge is 0.497 e. The second-order valence-corrected chi connectivity index (χ2v) is 9.71. The standard InChI is InChI=1S/C31H31FN2O3/c1-37-27-17-13-24(14-18-27)28-8-5-19-33(30(35)25-11-12-25)29(20-22-6-3-2-4-7-22)31(36)34(28)21-23-9-15-26(32)16-10-23/h2-10,13-18,25,28-29H,11-12,19-21H2,1H3/b8-5-/t28?,29-/m0/s1. The predicted octanol–water partition coefficient (Wildman–Crippen LogP) is 5.32. The topological polar surface area (TPSA) is 49.9 Å². The van der Waals surface area contributed by atoms with Crippen molar-refractivity contribution in [3.05, 3.63) is 114 Å². The van der Waals surface area contributed by atoms with Crippen LogP contribution in [0.25, 0.3) is 0 Å². The van der Waals surface area contributed by atoms with Gasteiger partial charge >= 0.3 is 0 Å². The van der Waals surface area contributed by atoms with Gasteiger partial charge < -0.3 is 14.5 Å². The SMILES string of the molecule is COc1ccc(C2/C=C\CN(C(=O)C3CC3)[C@@H](Cc3ccccc3)C(=O)N2Cc2ccc(F)cc2)cc1. The number of carbonyl (C=O) groups is 2. The van der Waals surface area contributed by atoms with Crippen molar-refractivity contribution in [3.8, 4) is 5.75 Å². The maximum atomic E-state index is 14.4. The van der Waals surface area contributed by atoms with E-state index in [-0.39, 0.29) is 36.1 Å². The van der Waals surface area contributed by atoms with E-state index in [1.807, 2.05) is 71.6 Å². The second kappa shape index (κ2) is 11.0. The van der Waals surface area contributed by atoms with Crippen LogP contribution in [0.15, 0.2) is 91.0 Å². The molecular weight excluding hydrogens is 467 g/mol. The molecule has 5 rings (SSSR count). The number of carbonyl (C=O) groups excluding carboxylic acids is 2.